The SMILES string of the molecule is CCNCc1cc(F)ccc1N1CCC(C(C)O)C1. The van der Waals surface area contributed by atoms with Gasteiger partial charge in [-0.3, -0.25) is 0 Å². The van der Waals surface area contributed by atoms with E-state index < -0.39 is 0 Å². The minimum atomic E-state index is -0.275. The summed E-state index contributed by atoms with van der Waals surface area (Å²) in [6, 6.07) is 4.97. The monoisotopic (exact) mass is 266 g/mol. The van der Waals surface area contributed by atoms with E-state index in [-0.39, 0.29) is 11.9 Å². The van der Waals surface area contributed by atoms with E-state index >= 15 is 0 Å². The van der Waals surface area contributed by atoms with E-state index in [1.54, 1.807) is 6.07 Å². The number of aliphatic hydroxyl groups is 1. The topological polar surface area (TPSA) is 35.5 Å². The Bertz CT molecular complexity index is 423. The predicted octanol–water partition coefficient (Wildman–Crippen LogP) is 2.14. The molecule has 0 aromatic heterocycles. The van der Waals surface area contributed by atoms with E-state index in [9.17, 15) is 9.50 Å². The van der Waals surface area contributed by atoms with E-state index in [1.165, 1.54) is 6.07 Å². The second kappa shape index (κ2) is 6.35. The zero-order valence-electron chi connectivity index (χ0n) is 11.7. The molecule has 0 aliphatic carbocycles. The summed E-state index contributed by atoms with van der Waals surface area (Å²) in [7, 11) is 0. The minimum absolute atomic E-state index is 0.192. The minimum Gasteiger partial charge on any atom is -0.393 e. The maximum absolute atomic E-state index is 13.4. The van der Waals surface area contributed by atoms with Crippen molar-refractivity contribution in [1.82, 2.24) is 5.32 Å². The van der Waals surface area contributed by atoms with Crippen LogP contribution in [0.4, 0.5) is 10.1 Å². The lowest BCUT2D eigenvalue weighted by atomic mass is 10.0. The van der Waals surface area contributed by atoms with Crippen LogP contribution in [-0.4, -0.2) is 30.8 Å². The second-order valence-electron chi connectivity index (χ2n) is 5.29. The first-order valence-corrected chi connectivity index (χ1v) is 7.04. The number of benzene rings is 1. The van der Waals surface area contributed by atoms with Gasteiger partial charge < -0.3 is 15.3 Å². The summed E-state index contributed by atoms with van der Waals surface area (Å²) in [5.74, 6) is 0.125. The zero-order chi connectivity index (χ0) is 13.8. The highest BCUT2D eigenvalue weighted by molar-refractivity contribution is 5.54. The van der Waals surface area contributed by atoms with Crippen molar-refractivity contribution >= 4 is 5.69 Å². The van der Waals surface area contributed by atoms with E-state index in [2.05, 4.69) is 10.2 Å². The molecule has 2 unspecified atom stereocenters. The van der Waals surface area contributed by atoms with E-state index in [1.807, 2.05) is 19.9 Å². The zero-order valence-corrected chi connectivity index (χ0v) is 11.7. The van der Waals surface area contributed by atoms with Gasteiger partial charge in [0, 0.05) is 31.2 Å². The third kappa shape index (κ3) is 3.45. The van der Waals surface area contributed by atoms with Gasteiger partial charge in [0.2, 0.25) is 0 Å². The molecule has 1 saturated heterocycles. The smallest absolute Gasteiger partial charge is 0.123 e. The van der Waals surface area contributed by atoms with Crippen LogP contribution in [0.2, 0.25) is 0 Å². The summed E-state index contributed by atoms with van der Waals surface area (Å²) in [5, 5.41) is 12.9. The highest BCUT2D eigenvalue weighted by Gasteiger charge is 2.27. The molecule has 0 saturated carbocycles. The normalized spacial score (nSPS) is 20.8. The molecule has 0 spiro atoms. The molecule has 3 nitrogen and oxygen atoms in total. The molecule has 1 heterocycles. The van der Waals surface area contributed by atoms with E-state index in [0.717, 1.165) is 37.3 Å². The van der Waals surface area contributed by atoms with Crippen molar-refractivity contribution in [2.75, 3.05) is 24.5 Å². The van der Waals surface area contributed by atoms with Crippen molar-refractivity contribution in [3.05, 3.63) is 29.6 Å². The summed E-state index contributed by atoms with van der Waals surface area (Å²) < 4.78 is 13.4. The first-order chi connectivity index (χ1) is 9.11. The number of nitrogens with zero attached hydrogens (tertiary/aromatic N) is 1. The molecule has 106 valence electrons. The Kier molecular flexibility index (Phi) is 4.77. The number of aliphatic hydroxyl groups excluding tert-OH is 1. The number of hydrogen-bond donors (Lipinski definition) is 2. The van der Waals surface area contributed by atoms with Gasteiger partial charge >= 0.3 is 0 Å². The Hall–Kier alpha value is -1.13. The molecule has 1 fully saturated rings. The Morgan fingerprint density at radius 3 is 2.95 bits per heavy atom. The van der Waals surface area contributed by atoms with Gasteiger partial charge in [-0.15, -0.1) is 0 Å². The molecule has 0 bridgehead atoms. The number of halogens is 1. The third-order valence-corrected chi connectivity index (χ3v) is 3.85. The molecule has 1 aromatic rings. The standard InChI is InChI=1S/C15H23FN2O/c1-3-17-9-13-8-14(16)4-5-15(13)18-7-6-12(10-18)11(2)19/h4-5,8,11-12,17,19H,3,6-7,9-10H2,1-2H3. The van der Waals surface area contributed by atoms with Crippen LogP contribution in [0.25, 0.3) is 0 Å². The summed E-state index contributed by atoms with van der Waals surface area (Å²) >= 11 is 0. The van der Waals surface area contributed by atoms with Crippen molar-refractivity contribution in [2.45, 2.75) is 32.9 Å². The van der Waals surface area contributed by atoms with Gasteiger partial charge in [-0.1, -0.05) is 6.92 Å². The maximum atomic E-state index is 13.4. The fourth-order valence-corrected chi connectivity index (χ4v) is 2.66. The van der Waals surface area contributed by atoms with Crippen molar-refractivity contribution in [1.29, 1.82) is 0 Å². The molecule has 2 rings (SSSR count). The maximum Gasteiger partial charge on any atom is 0.123 e. The quantitative estimate of drug-likeness (QED) is 0.857. The van der Waals surface area contributed by atoms with Crippen LogP contribution in [0.5, 0.6) is 0 Å². The molecule has 1 aliphatic rings. The molecule has 1 aliphatic heterocycles. The van der Waals surface area contributed by atoms with Crippen LogP contribution in [-0.2, 0) is 6.54 Å². The van der Waals surface area contributed by atoms with Gasteiger partial charge in [-0.2, -0.15) is 0 Å². The molecule has 2 N–H and O–H groups in total. The Morgan fingerprint density at radius 1 is 1.53 bits per heavy atom. The first-order valence-electron chi connectivity index (χ1n) is 7.04. The summed E-state index contributed by atoms with van der Waals surface area (Å²) in [5.41, 5.74) is 2.08. The summed E-state index contributed by atoms with van der Waals surface area (Å²) in [6.07, 6.45) is 0.720. The van der Waals surface area contributed by atoms with Crippen LogP contribution >= 0.6 is 0 Å². The van der Waals surface area contributed by atoms with Gasteiger partial charge in [0.05, 0.1) is 6.10 Å². The Morgan fingerprint density at radius 2 is 2.32 bits per heavy atom. The summed E-state index contributed by atoms with van der Waals surface area (Å²) in [4.78, 5) is 2.25. The van der Waals surface area contributed by atoms with Crippen molar-refractivity contribution in [3.8, 4) is 0 Å². The Labute approximate surface area is 114 Å². The van der Waals surface area contributed by atoms with E-state index in [0.29, 0.717) is 12.5 Å². The highest BCUT2D eigenvalue weighted by Crippen LogP contribution is 2.29. The van der Waals surface area contributed by atoms with Gasteiger partial charge in [-0.05, 0) is 43.7 Å². The lowest BCUT2D eigenvalue weighted by molar-refractivity contribution is 0.136. The molecule has 0 radical (unpaired) electrons. The lowest BCUT2D eigenvalue weighted by Crippen LogP contribution is -2.25. The lowest BCUT2D eigenvalue weighted by Gasteiger charge is -2.23. The average molecular weight is 266 g/mol. The first kappa shape index (κ1) is 14.3. The Balaban J connectivity index is 2.15. The van der Waals surface area contributed by atoms with Crippen LogP contribution in [0.1, 0.15) is 25.8 Å². The van der Waals surface area contributed by atoms with Crippen molar-refractivity contribution in [3.63, 3.8) is 0 Å². The number of hydrogen-bond acceptors (Lipinski definition) is 3. The third-order valence-electron chi connectivity index (χ3n) is 3.85. The van der Waals surface area contributed by atoms with Crippen molar-refractivity contribution in [2.24, 2.45) is 5.92 Å². The average Bonchev–Trinajstić information content (AvgIpc) is 2.86. The number of rotatable bonds is 5. The highest BCUT2D eigenvalue weighted by atomic mass is 19.1. The van der Waals surface area contributed by atoms with Crippen LogP contribution < -0.4 is 10.2 Å². The summed E-state index contributed by atoms with van der Waals surface area (Å²) in [6.45, 7) is 7.21. The molecule has 2 atom stereocenters. The fourth-order valence-electron chi connectivity index (χ4n) is 2.66. The van der Waals surface area contributed by atoms with Gasteiger partial charge in [0.25, 0.3) is 0 Å². The molecule has 19 heavy (non-hydrogen) atoms. The largest absolute Gasteiger partial charge is 0.393 e. The van der Waals surface area contributed by atoms with Gasteiger partial charge in [0.1, 0.15) is 5.82 Å². The van der Waals surface area contributed by atoms with Crippen LogP contribution in [0.15, 0.2) is 18.2 Å². The molecule has 0 amide bonds. The van der Waals surface area contributed by atoms with Gasteiger partial charge in [-0.25, -0.2) is 4.39 Å². The molecular formula is C15H23FN2O. The number of anilines is 1. The fraction of sp³-hybridized carbons (Fsp3) is 0.600. The van der Waals surface area contributed by atoms with Crippen LogP contribution in [0, 0.1) is 11.7 Å². The number of nitrogens with one attached hydrogen (secondary N) is 1. The predicted molar refractivity (Wildman–Crippen MR) is 75.8 cm³/mol. The molecule has 1 aromatic carbocycles. The van der Waals surface area contributed by atoms with Crippen molar-refractivity contribution < 1.29 is 9.50 Å². The second-order valence-corrected chi connectivity index (χ2v) is 5.29. The van der Waals surface area contributed by atoms with E-state index in [4.69, 9.17) is 0 Å². The molecule has 4 heteroatoms. The molecular weight excluding hydrogens is 243 g/mol. The van der Waals surface area contributed by atoms with Crippen LogP contribution in [0.3, 0.4) is 0 Å². The van der Waals surface area contributed by atoms with Gasteiger partial charge in [0.15, 0.2) is 0 Å².